The van der Waals surface area contributed by atoms with Crippen molar-refractivity contribution in [3.63, 3.8) is 0 Å². The topological polar surface area (TPSA) is 52.8 Å². The molecule has 0 saturated carbocycles. The number of carbonyl (C=O) groups excluding carboxylic acids is 1. The molecule has 0 aliphatic rings. The van der Waals surface area contributed by atoms with E-state index in [-0.39, 0.29) is 5.97 Å². The minimum absolute atomic E-state index is 0.326. The largest absolute Gasteiger partial charge is 0.496 e. The summed E-state index contributed by atoms with van der Waals surface area (Å²) in [5.41, 5.74) is 2.99. The molecule has 5 nitrogen and oxygen atoms in total. The highest BCUT2D eigenvalue weighted by atomic mass is 16.5. The van der Waals surface area contributed by atoms with Crippen LogP contribution in [-0.4, -0.2) is 29.1 Å². The lowest BCUT2D eigenvalue weighted by atomic mass is 10.00. The fourth-order valence-electron chi connectivity index (χ4n) is 2.43. The van der Waals surface area contributed by atoms with Crippen LogP contribution in [0, 0.1) is 0 Å². The zero-order valence-corrected chi connectivity index (χ0v) is 12.4. The molecule has 0 saturated heterocycles. The van der Waals surface area contributed by atoms with E-state index in [1.807, 2.05) is 30.3 Å². The van der Waals surface area contributed by atoms with Crippen LogP contribution in [0.5, 0.6) is 5.75 Å². The molecule has 5 heteroatoms. The summed E-state index contributed by atoms with van der Waals surface area (Å²) in [5.74, 6) is 0.343. The standard InChI is InChI=1S/C17H16N2O3/c1-3-22-17(20)15-10-19-11-18-9-12(19)8-14(15)13-6-4-5-7-16(13)21-2/h4-11H,3H2,1-2H3. The Hall–Kier alpha value is -2.82. The number of esters is 1. The van der Waals surface area contributed by atoms with Crippen molar-refractivity contribution >= 4 is 11.5 Å². The Bertz CT molecular complexity index is 824. The van der Waals surface area contributed by atoms with Crippen molar-refractivity contribution in [3.8, 4) is 16.9 Å². The summed E-state index contributed by atoms with van der Waals surface area (Å²) < 4.78 is 12.4. The van der Waals surface area contributed by atoms with Crippen molar-refractivity contribution in [3.05, 3.63) is 54.6 Å². The maximum absolute atomic E-state index is 12.3. The quantitative estimate of drug-likeness (QED) is 0.694. The predicted octanol–water partition coefficient (Wildman–Crippen LogP) is 3.19. The van der Waals surface area contributed by atoms with Gasteiger partial charge in [-0.25, -0.2) is 9.78 Å². The van der Waals surface area contributed by atoms with Gasteiger partial charge >= 0.3 is 5.97 Å². The molecule has 0 amide bonds. The molecule has 3 aromatic rings. The molecule has 0 radical (unpaired) electrons. The normalized spacial score (nSPS) is 10.6. The first-order chi connectivity index (χ1) is 10.7. The summed E-state index contributed by atoms with van der Waals surface area (Å²) in [6.07, 6.45) is 5.14. The molecule has 2 heterocycles. The maximum Gasteiger partial charge on any atom is 0.340 e. The van der Waals surface area contributed by atoms with Gasteiger partial charge in [0.2, 0.25) is 0 Å². The first-order valence-corrected chi connectivity index (χ1v) is 7.00. The average Bonchev–Trinajstić information content (AvgIpc) is 3.01. The van der Waals surface area contributed by atoms with E-state index in [4.69, 9.17) is 9.47 Å². The molecule has 22 heavy (non-hydrogen) atoms. The fourth-order valence-corrected chi connectivity index (χ4v) is 2.43. The van der Waals surface area contributed by atoms with Crippen LogP contribution in [0.1, 0.15) is 17.3 Å². The number of hydrogen-bond donors (Lipinski definition) is 0. The molecule has 112 valence electrons. The van der Waals surface area contributed by atoms with Gasteiger partial charge in [-0.05, 0) is 19.1 Å². The highest BCUT2D eigenvalue weighted by Crippen LogP contribution is 2.33. The van der Waals surface area contributed by atoms with E-state index in [0.29, 0.717) is 17.9 Å². The molecule has 3 rings (SSSR count). The molecular formula is C17H16N2O3. The molecule has 0 aliphatic heterocycles. The number of methoxy groups -OCH3 is 1. The summed E-state index contributed by atoms with van der Waals surface area (Å²) in [7, 11) is 1.61. The highest BCUT2D eigenvalue weighted by Gasteiger charge is 2.18. The van der Waals surface area contributed by atoms with E-state index in [0.717, 1.165) is 16.6 Å². The van der Waals surface area contributed by atoms with Gasteiger partial charge in [0.25, 0.3) is 0 Å². The number of aromatic nitrogens is 2. The van der Waals surface area contributed by atoms with Crippen molar-refractivity contribution < 1.29 is 14.3 Å². The van der Waals surface area contributed by atoms with Gasteiger partial charge in [0.15, 0.2) is 0 Å². The number of ether oxygens (including phenoxy) is 2. The number of carbonyl (C=O) groups is 1. The number of pyridine rings is 1. The average molecular weight is 296 g/mol. The van der Waals surface area contributed by atoms with Crippen molar-refractivity contribution in [1.82, 2.24) is 9.38 Å². The monoisotopic (exact) mass is 296 g/mol. The fraction of sp³-hybridized carbons (Fsp3) is 0.176. The van der Waals surface area contributed by atoms with Gasteiger partial charge in [-0.15, -0.1) is 0 Å². The lowest BCUT2D eigenvalue weighted by Gasteiger charge is -2.13. The number of para-hydroxylation sites is 1. The Labute approximate surface area is 128 Å². The van der Waals surface area contributed by atoms with Crippen LogP contribution in [0.4, 0.5) is 0 Å². The third-order valence-corrected chi connectivity index (χ3v) is 3.44. The van der Waals surface area contributed by atoms with E-state index < -0.39 is 0 Å². The van der Waals surface area contributed by atoms with E-state index in [9.17, 15) is 4.79 Å². The lowest BCUT2D eigenvalue weighted by Crippen LogP contribution is -2.08. The molecule has 0 unspecified atom stereocenters. The van der Waals surface area contributed by atoms with Crippen molar-refractivity contribution in [2.75, 3.05) is 13.7 Å². The van der Waals surface area contributed by atoms with Crippen molar-refractivity contribution in [2.24, 2.45) is 0 Å². The second-order valence-electron chi connectivity index (χ2n) is 4.75. The number of rotatable bonds is 4. The van der Waals surface area contributed by atoms with Crippen LogP contribution in [-0.2, 0) is 4.74 Å². The van der Waals surface area contributed by atoms with E-state index in [1.165, 1.54) is 0 Å². The van der Waals surface area contributed by atoms with Crippen LogP contribution < -0.4 is 4.74 Å². The van der Waals surface area contributed by atoms with Gasteiger partial charge in [0.1, 0.15) is 5.75 Å². The van der Waals surface area contributed by atoms with E-state index in [2.05, 4.69) is 4.98 Å². The first-order valence-electron chi connectivity index (χ1n) is 7.00. The van der Waals surface area contributed by atoms with E-state index >= 15 is 0 Å². The van der Waals surface area contributed by atoms with Crippen LogP contribution in [0.25, 0.3) is 16.6 Å². The van der Waals surface area contributed by atoms with Crippen molar-refractivity contribution in [1.29, 1.82) is 0 Å². The van der Waals surface area contributed by atoms with Crippen LogP contribution in [0.2, 0.25) is 0 Å². The highest BCUT2D eigenvalue weighted by molar-refractivity contribution is 5.98. The lowest BCUT2D eigenvalue weighted by molar-refractivity contribution is 0.0526. The van der Waals surface area contributed by atoms with Crippen LogP contribution in [0.3, 0.4) is 0 Å². The second kappa shape index (κ2) is 5.89. The van der Waals surface area contributed by atoms with Gasteiger partial charge < -0.3 is 13.9 Å². The minimum atomic E-state index is -0.362. The Morgan fingerprint density at radius 2 is 2.09 bits per heavy atom. The molecule has 0 atom stereocenters. The number of nitrogens with zero attached hydrogens (tertiary/aromatic N) is 2. The molecule has 0 fully saturated rings. The summed E-state index contributed by atoms with van der Waals surface area (Å²) in [6, 6.07) is 9.50. The molecule has 0 aliphatic carbocycles. The summed E-state index contributed by atoms with van der Waals surface area (Å²) in [6.45, 7) is 2.11. The summed E-state index contributed by atoms with van der Waals surface area (Å²) in [5, 5.41) is 0. The zero-order chi connectivity index (χ0) is 15.5. The molecule has 2 aromatic heterocycles. The Morgan fingerprint density at radius 3 is 2.86 bits per heavy atom. The zero-order valence-electron chi connectivity index (χ0n) is 12.4. The number of fused-ring (bicyclic) bond motifs is 1. The van der Waals surface area contributed by atoms with Gasteiger partial charge in [0, 0.05) is 17.3 Å². The third-order valence-electron chi connectivity index (χ3n) is 3.44. The third kappa shape index (κ3) is 2.41. The molecule has 1 aromatic carbocycles. The van der Waals surface area contributed by atoms with Crippen molar-refractivity contribution in [2.45, 2.75) is 6.92 Å². The summed E-state index contributed by atoms with van der Waals surface area (Å²) >= 11 is 0. The number of hydrogen-bond acceptors (Lipinski definition) is 4. The SMILES string of the molecule is CCOC(=O)c1cn2cncc2cc1-c1ccccc1OC. The maximum atomic E-state index is 12.3. The van der Waals surface area contributed by atoms with Gasteiger partial charge in [0.05, 0.1) is 37.3 Å². The van der Waals surface area contributed by atoms with Crippen LogP contribution >= 0.6 is 0 Å². The van der Waals surface area contributed by atoms with Gasteiger partial charge in [-0.3, -0.25) is 0 Å². The molecule has 0 bridgehead atoms. The summed E-state index contributed by atoms with van der Waals surface area (Å²) in [4.78, 5) is 16.4. The van der Waals surface area contributed by atoms with Gasteiger partial charge in [-0.1, -0.05) is 18.2 Å². The molecule has 0 spiro atoms. The van der Waals surface area contributed by atoms with E-state index in [1.54, 1.807) is 37.2 Å². The van der Waals surface area contributed by atoms with Gasteiger partial charge in [-0.2, -0.15) is 0 Å². The molecular weight excluding hydrogens is 280 g/mol. The molecule has 0 N–H and O–H groups in total. The Balaban J connectivity index is 2.25. The minimum Gasteiger partial charge on any atom is -0.496 e. The van der Waals surface area contributed by atoms with Crippen LogP contribution in [0.15, 0.2) is 49.1 Å². The Morgan fingerprint density at radius 1 is 1.27 bits per heavy atom. The predicted molar refractivity (Wildman–Crippen MR) is 83.1 cm³/mol. The Kier molecular flexibility index (Phi) is 3.78. The smallest absolute Gasteiger partial charge is 0.340 e. The second-order valence-corrected chi connectivity index (χ2v) is 4.75. The number of imidazole rings is 1. The number of benzene rings is 1. The first kappa shape index (κ1) is 14.1.